The Balaban J connectivity index is 1.88. The molecule has 0 bridgehead atoms. The van der Waals surface area contributed by atoms with Gasteiger partial charge in [0.05, 0.1) is 11.7 Å². The number of halogens is 1. The lowest BCUT2D eigenvalue weighted by atomic mass is 9.95. The van der Waals surface area contributed by atoms with Crippen LogP contribution in [-0.2, 0) is 6.42 Å². The molecule has 1 aliphatic rings. The van der Waals surface area contributed by atoms with Crippen LogP contribution in [0.3, 0.4) is 0 Å². The summed E-state index contributed by atoms with van der Waals surface area (Å²) >= 11 is 0. The fraction of sp³-hybridized carbons (Fsp3) is 0.286. The van der Waals surface area contributed by atoms with Gasteiger partial charge in [0.25, 0.3) is 5.91 Å². The Bertz CT molecular complexity index is 976. The second-order valence-corrected chi connectivity index (χ2v) is 7.38. The first-order chi connectivity index (χ1) is 13.0. The van der Waals surface area contributed by atoms with Gasteiger partial charge in [-0.2, -0.15) is 5.10 Å². The summed E-state index contributed by atoms with van der Waals surface area (Å²) in [4.78, 5) is 19.3. The summed E-state index contributed by atoms with van der Waals surface area (Å²) in [5.41, 5.74) is 4.07. The molecular weight excluding hydrogens is 343 g/mol. The number of fused-ring (bicyclic) bond motifs is 1. The second-order valence-electron chi connectivity index (χ2n) is 7.38. The molecule has 3 heterocycles. The van der Waals surface area contributed by atoms with Crippen molar-refractivity contribution in [2.75, 3.05) is 4.90 Å². The van der Waals surface area contributed by atoms with Gasteiger partial charge in [-0.1, -0.05) is 32.0 Å². The van der Waals surface area contributed by atoms with Crippen LogP contribution in [0, 0.1) is 18.7 Å². The highest BCUT2D eigenvalue weighted by Crippen LogP contribution is 2.42. The highest BCUT2D eigenvalue weighted by atomic mass is 19.1. The van der Waals surface area contributed by atoms with Gasteiger partial charge in [-0.15, -0.1) is 0 Å². The first-order valence-electron chi connectivity index (χ1n) is 9.04. The number of anilines is 1. The quantitative estimate of drug-likeness (QED) is 0.755. The van der Waals surface area contributed by atoms with Gasteiger partial charge in [0.2, 0.25) is 0 Å². The maximum atomic E-state index is 13.5. The average molecular weight is 364 g/mol. The molecule has 1 unspecified atom stereocenters. The van der Waals surface area contributed by atoms with E-state index < -0.39 is 0 Å². The molecule has 1 aromatic carbocycles. The fourth-order valence-electron chi connectivity index (χ4n) is 3.55. The van der Waals surface area contributed by atoms with Crippen LogP contribution in [0.15, 0.2) is 42.6 Å². The van der Waals surface area contributed by atoms with Crippen LogP contribution < -0.4 is 4.90 Å². The number of carbonyl (C=O) groups excluding carboxylic acids is 1. The smallest absolute Gasteiger partial charge is 0.278 e. The largest absolute Gasteiger partial charge is 0.279 e. The molecule has 138 valence electrons. The number of aromatic nitrogens is 3. The first kappa shape index (κ1) is 17.4. The molecule has 0 saturated carbocycles. The molecule has 5 nitrogen and oxygen atoms in total. The third kappa shape index (κ3) is 3.01. The molecule has 27 heavy (non-hydrogen) atoms. The number of pyridine rings is 1. The number of hydrogen-bond donors (Lipinski definition) is 1. The van der Waals surface area contributed by atoms with Crippen molar-refractivity contribution >= 4 is 11.7 Å². The van der Waals surface area contributed by atoms with E-state index in [0.29, 0.717) is 17.4 Å². The zero-order valence-electron chi connectivity index (χ0n) is 15.5. The summed E-state index contributed by atoms with van der Waals surface area (Å²) in [6, 6.07) is 9.66. The summed E-state index contributed by atoms with van der Waals surface area (Å²) in [5.74, 6) is 0.490. The van der Waals surface area contributed by atoms with Crippen molar-refractivity contribution in [3.05, 3.63) is 76.5 Å². The molecule has 6 heteroatoms. The summed E-state index contributed by atoms with van der Waals surface area (Å²) in [5, 5.41) is 7.32. The lowest BCUT2D eigenvalue weighted by Gasteiger charge is -2.25. The fourth-order valence-corrected chi connectivity index (χ4v) is 3.55. The van der Waals surface area contributed by atoms with E-state index in [-0.39, 0.29) is 17.8 Å². The molecule has 0 saturated heterocycles. The first-order valence-corrected chi connectivity index (χ1v) is 9.04. The van der Waals surface area contributed by atoms with Crippen LogP contribution in [-0.4, -0.2) is 21.1 Å². The number of nitrogens with zero attached hydrogens (tertiary/aromatic N) is 3. The number of aryl methyl sites for hydroxylation is 1. The maximum Gasteiger partial charge on any atom is 0.278 e. The predicted octanol–water partition coefficient (Wildman–Crippen LogP) is 4.20. The molecule has 1 atom stereocenters. The van der Waals surface area contributed by atoms with Crippen molar-refractivity contribution in [1.82, 2.24) is 15.2 Å². The summed E-state index contributed by atoms with van der Waals surface area (Å²) in [6.45, 7) is 6.18. The standard InChI is InChI=1S/C21H21FN4O/c1-12(2)10-16-18-19(25-24-16)21(27)26(17-9-4-13(3)11-23-17)20(18)14-5-7-15(22)8-6-14/h4-9,11-12,20H,10H2,1-3H3,(H,24,25). The average Bonchev–Trinajstić information content (AvgIpc) is 3.16. The van der Waals surface area contributed by atoms with Crippen LogP contribution in [0.2, 0.25) is 0 Å². The van der Waals surface area contributed by atoms with Crippen molar-refractivity contribution < 1.29 is 9.18 Å². The Labute approximate surface area is 157 Å². The van der Waals surface area contributed by atoms with E-state index in [9.17, 15) is 9.18 Å². The van der Waals surface area contributed by atoms with E-state index in [0.717, 1.165) is 28.8 Å². The summed E-state index contributed by atoms with van der Waals surface area (Å²) < 4.78 is 13.5. The zero-order chi connectivity index (χ0) is 19.1. The van der Waals surface area contributed by atoms with Gasteiger partial charge in [0, 0.05) is 11.8 Å². The SMILES string of the molecule is Cc1ccc(N2C(=O)c3[nH]nc(CC(C)C)c3C2c2ccc(F)cc2)nc1. The number of carbonyl (C=O) groups is 1. The molecule has 3 aromatic rings. The lowest BCUT2D eigenvalue weighted by molar-refractivity contribution is 0.0988. The van der Waals surface area contributed by atoms with Gasteiger partial charge in [0.1, 0.15) is 17.3 Å². The summed E-state index contributed by atoms with van der Waals surface area (Å²) in [6.07, 6.45) is 2.50. The van der Waals surface area contributed by atoms with Gasteiger partial charge in [-0.3, -0.25) is 14.8 Å². The molecule has 0 fully saturated rings. The maximum absolute atomic E-state index is 13.5. The number of rotatable bonds is 4. The molecule has 2 aromatic heterocycles. The third-order valence-electron chi connectivity index (χ3n) is 4.78. The molecule has 0 aliphatic carbocycles. The number of aromatic amines is 1. The molecule has 4 rings (SSSR count). The number of benzene rings is 1. The van der Waals surface area contributed by atoms with Gasteiger partial charge in [-0.05, 0) is 48.6 Å². The van der Waals surface area contributed by atoms with E-state index in [2.05, 4.69) is 29.0 Å². The van der Waals surface area contributed by atoms with Gasteiger partial charge < -0.3 is 0 Å². The Kier molecular flexibility index (Phi) is 4.26. The Morgan fingerprint density at radius 1 is 1.19 bits per heavy atom. The monoisotopic (exact) mass is 364 g/mol. The number of nitrogens with one attached hydrogen (secondary N) is 1. The number of H-pyrrole nitrogens is 1. The molecule has 1 N–H and O–H groups in total. The van der Waals surface area contributed by atoms with E-state index in [4.69, 9.17) is 0 Å². The normalized spacial score (nSPS) is 16.3. The van der Waals surface area contributed by atoms with Crippen LogP contribution >= 0.6 is 0 Å². The van der Waals surface area contributed by atoms with Gasteiger partial charge in [0.15, 0.2) is 0 Å². The molecular formula is C21H21FN4O. The lowest BCUT2D eigenvalue weighted by Crippen LogP contribution is -2.30. The third-order valence-corrected chi connectivity index (χ3v) is 4.78. The number of hydrogen-bond acceptors (Lipinski definition) is 3. The molecule has 1 aliphatic heterocycles. The van der Waals surface area contributed by atoms with Crippen molar-refractivity contribution in [2.45, 2.75) is 33.2 Å². The van der Waals surface area contributed by atoms with E-state index >= 15 is 0 Å². The van der Waals surface area contributed by atoms with Crippen LogP contribution in [0.4, 0.5) is 10.2 Å². The zero-order valence-corrected chi connectivity index (χ0v) is 15.5. The van der Waals surface area contributed by atoms with Crippen LogP contribution in [0.1, 0.15) is 52.8 Å². The molecule has 1 amide bonds. The Hall–Kier alpha value is -3.02. The number of amides is 1. The van der Waals surface area contributed by atoms with Crippen molar-refractivity contribution in [2.24, 2.45) is 5.92 Å². The minimum Gasteiger partial charge on any atom is -0.279 e. The van der Waals surface area contributed by atoms with Gasteiger partial charge >= 0.3 is 0 Å². The van der Waals surface area contributed by atoms with Gasteiger partial charge in [-0.25, -0.2) is 9.37 Å². The van der Waals surface area contributed by atoms with Crippen molar-refractivity contribution in [3.8, 4) is 0 Å². The highest BCUT2D eigenvalue weighted by molar-refractivity contribution is 6.10. The molecule has 0 radical (unpaired) electrons. The molecule has 0 spiro atoms. The topological polar surface area (TPSA) is 61.9 Å². The van der Waals surface area contributed by atoms with Crippen LogP contribution in [0.25, 0.3) is 0 Å². The van der Waals surface area contributed by atoms with Crippen LogP contribution in [0.5, 0.6) is 0 Å². The highest BCUT2D eigenvalue weighted by Gasteiger charge is 2.43. The minimum absolute atomic E-state index is 0.168. The van der Waals surface area contributed by atoms with Crippen molar-refractivity contribution in [3.63, 3.8) is 0 Å². The Morgan fingerprint density at radius 2 is 1.93 bits per heavy atom. The second kappa shape index (κ2) is 6.61. The van der Waals surface area contributed by atoms with E-state index in [1.54, 1.807) is 23.2 Å². The predicted molar refractivity (Wildman–Crippen MR) is 101 cm³/mol. The minimum atomic E-state index is -0.379. The van der Waals surface area contributed by atoms with Crippen molar-refractivity contribution in [1.29, 1.82) is 0 Å². The van der Waals surface area contributed by atoms with E-state index in [1.807, 2.05) is 19.1 Å². The van der Waals surface area contributed by atoms with E-state index in [1.165, 1.54) is 12.1 Å². The summed E-state index contributed by atoms with van der Waals surface area (Å²) in [7, 11) is 0. The Morgan fingerprint density at radius 3 is 2.56 bits per heavy atom.